The van der Waals surface area contributed by atoms with E-state index in [1.807, 2.05) is 6.92 Å². The van der Waals surface area contributed by atoms with Crippen molar-refractivity contribution in [2.24, 2.45) is 5.84 Å². The third-order valence-corrected chi connectivity index (χ3v) is 0.900. The highest BCUT2D eigenvalue weighted by Gasteiger charge is 1.91. The van der Waals surface area contributed by atoms with Gasteiger partial charge in [-0.15, -0.1) is 0 Å². The number of nitrogens with two attached hydrogens (primary N) is 1. The van der Waals surface area contributed by atoms with Crippen LogP contribution in [-0.4, -0.2) is 5.01 Å². The van der Waals surface area contributed by atoms with E-state index in [4.69, 9.17) is 5.84 Å². The first-order chi connectivity index (χ1) is 3.79. The Bertz CT molecular complexity index is 137. The van der Waals surface area contributed by atoms with Crippen molar-refractivity contribution < 1.29 is 0 Å². The van der Waals surface area contributed by atoms with Crippen LogP contribution in [-0.2, 0) is 0 Å². The van der Waals surface area contributed by atoms with Gasteiger partial charge in [0.05, 0.1) is 0 Å². The molecule has 0 bridgehead atoms. The second-order valence-electron chi connectivity index (χ2n) is 1.72. The van der Waals surface area contributed by atoms with E-state index in [-0.39, 0.29) is 0 Å². The van der Waals surface area contributed by atoms with Crippen LogP contribution in [0.5, 0.6) is 0 Å². The Kier molecular flexibility index (Phi) is 1.22. The molecule has 0 saturated carbocycles. The molecule has 1 aliphatic heterocycles. The molecule has 0 amide bonds. The first kappa shape index (κ1) is 5.18. The first-order valence-electron chi connectivity index (χ1n) is 2.44. The van der Waals surface area contributed by atoms with E-state index in [9.17, 15) is 0 Å². The highest BCUT2D eigenvalue weighted by Crippen LogP contribution is 1.94. The number of allylic oxidation sites excluding steroid dienone is 1. The maximum absolute atomic E-state index is 5.36. The van der Waals surface area contributed by atoms with Gasteiger partial charge >= 0.3 is 0 Å². The summed E-state index contributed by atoms with van der Waals surface area (Å²) in [5, 5.41) is 4.48. The third-order valence-electron chi connectivity index (χ3n) is 0.900. The van der Waals surface area contributed by atoms with Crippen molar-refractivity contribution in [3.05, 3.63) is 24.3 Å². The zero-order valence-corrected chi connectivity index (χ0v) is 4.76. The van der Waals surface area contributed by atoms with Gasteiger partial charge < -0.3 is 5.32 Å². The third kappa shape index (κ3) is 1.01. The van der Waals surface area contributed by atoms with Gasteiger partial charge in [-0.2, -0.15) is 0 Å². The fourth-order valence-electron chi connectivity index (χ4n) is 0.559. The zero-order valence-electron chi connectivity index (χ0n) is 4.76. The molecule has 0 unspecified atom stereocenters. The number of hydrazine groups is 1. The Morgan fingerprint density at radius 1 is 1.75 bits per heavy atom. The highest BCUT2D eigenvalue weighted by atomic mass is 15.4. The van der Waals surface area contributed by atoms with Crippen LogP contribution < -0.4 is 11.2 Å². The van der Waals surface area contributed by atoms with Gasteiger partial charge in [-0.1, -0.05) is 0 Å². The average molecular weight is 111 g/mol. The lowest BCUT2D eigenvalue weighted by Gasteiger charge is -2.13. The van der Waals surface area contributed by atoms with Gasteiger partial charge in [0.25, 0.3) is 0 Å². The summed E-state index contributed by atoms with van der Waals surface area (Å²) in [6, 6.07) is 0. The van der Waals surface area contributed by atoms with E-state index in [2.05, 4.69) is 5.32 Å². The fourth-order valence-corrected chi connectivity index (χ4v) is 0.559. The molecule has 0 spiro atoms. The smallest absolute Gasteiger partial charge is 0.0397 e. The monoisotopic (exact) mass is 111 g/mol. The lowest BCUT2D eigenvalue weighted by atomic mass is 10.5. The molecular formula is C5H9N3. The van der Waals surface area contributed by atoms with Crippen molar-refractivity contribution in [3.63, 3.8) is 0 Å². The molecule has 3 N–H and O–H groups in total. The van der Waals surface area contributed by atoms with Crippen LogP contribution in [0.25, 0.3) is 0 Å². The van der Waals surface area contributed by atoms with Crippen LogP contribution in [0, 0.1) is 0 Å². The molecular weight excluding hydrogens is 102 g/mol. The molecule has 0 aliphatic carbocycles. The first-order valence-corrected chi connectivity index (χ1v) is 2.44. The maximum atomic E-state index is 5.36. The van der Waals surface area contributed by atoms with Gasteiger partial charge in [-0.3, -0.25) is 5.01 Å². The summed E-state index contributed by atoms with van der Waals surface area (Å²) in [7, 11) is 0. The summed E-state index contributed by atoms with van der Waals surface area (Å²) in [5.74, 6) is 5.36. The second-order valence-corrected chi connectivity index (χ2v) is 1.72. The van der Waals surface area contributed by atoms with E-state index in [1.165, 1.54) is 5.01 Å². The van der Waals surface area contributed by atoms with Crippen LogP contribution in [0.2, 0.25) is 0 Å². The summed E-state index contributed by atoms with van der Waals surface area (Å²) < 4.78 is 0. The van der Waals surface area contributed by atoms with Gasteiger partial charge in [-0.25, -0.2) is 5.84 Å². The minimum atomic E-state index is 1.05. The number of hydrogen-bond donors (Lipinski definition) is 2. The Labute approximate surface area is 48.4 Å². The van der Waals surface area contributed by atoms with E-state index >= 15 is 0 Å². The predicted octanol–water partition coefficient (Wildman–Crippen LogP) is 0.0978. The van der Waals surface area contributed by atoms with Crippen LogP contribution in [0.1, 0.15) is 6.92 Å². The van der Waals surface area contributed by atoms with Gasteiger partial charge in [0.15, 0.2) is 0 Å². The van der Waals surface area contributed by atoms with Crippen LogP contribution in [0.15, 0.2) is 24.3 Å². The van der Waals surface area contributed by atoms with E-state index in [0.29, 0.717) is 0 Å². The molecule has 8 heavy (non-hydrogen) atoms. The molecule has 0 aromatic carbocycles. The van der Waals surface area contributed by atoms with Crippen molar-refractivity contribution in [1.29, 1.82) is 0 Å². The summed E-state index contributed by atoms with van der Waals surface area (Å²) >= 11 is 0. The van der Waals surface area contributed by atoms with Crippen LogP contribution in [0.3, 0.4) is 0 Å². The Morgan fingerprint density at radius 2 is 2.50 bits per heavy atom. The lowest BCUT2D eigenvalue weighted by Crippen LogP contribution is -2.24. The Hall–Kier alpha value is -0.960. The molecule has 1 aliphatic rings. The van der Waals surface area contributed by atoms with Crippen molar-refractivity contribution in [3.8, 4) is 0 Å². The summed E-state index contributed by atoms with van der Waals surface area (Å²) in [5.41, 5.74) is 1.05. The average Bonchev–Trinajstić information content (AvgIpc) is 1.64. The Balaban J connectivity index is 2.60. The quantitative estimate of drug-likeness (QED) is 0.435. The molecule has 1 heterocycles. The normalized spacial score (nSPS) is 17.8. The minimum absolute atomic E-state index is 1.05. The second kappa shape index (κ2) is 1.88. The summed E-state index contributed by atoms with van der Waals surface area (Å²) in [4.78, 5) is 0. The number of rotatable bonds is 0. The molecule has 0 fully saturated rings. The van der Waals surface area contributed by atoms with Crippen molar-refractivity contribution in [2.75, 3.05) is 0 Å². The Morgan fingerprint density at radius 3 is 2.88 bits per heavy atom. The summed E-state index contributed by atoms with van der Waals surface area (Å²) in [6.45, 7) is 1.95. The van der Waals surface area contributed by atoms with E-state index in [1.54, 1.807) is 18.6 Å². The van der Waals surface area contributed by atoms with E-state index in [0.717, 1.165) is 5.70 Å². The van der Waals surface area contributed by atoms with Gasteiger partial charge in [0, 0.05) is 24.3 Å². The summed E-state index contributed by atoms with van der Waals surface area (Å²) in [6.07, 6.45) is 5.34. The van der Waals surface area contributed by atoms with Crippen LogP contribution >= 0.6 is 0 Å². The molecule has 0 saturated heterocycles. The maximum Gasteiger partial charge on any atom is 0.0397 e. The number of nitrogens with zero attached hydrogens (tertiary/aromatic N) is 1. The van der Waals surface area contributed by atoms with Crippen molar-refractivity contribution >= 4 is 0 Å². The molecule has 3 heteroatoms. The number of nitrogens with one attached hydrogen (secondary N) is 1. The van der Waals surface area contributed by atoms with Crippen molar-refractivity contribution in [1.82, 2.24) is 10.3 Å². The standard InChI is InChI=1S/C5H9N3/c1-5-4-8(6)3-2-7-5/h2-4,7H,6H2,1H3. The molecule has 3 nitrogen and oxygen atoms in total. The van der Waals surface area contributed by atoms with Gasteiger partial charge in [-0.05, 0) is 6.92 Å². The fraction of sp³-hybridized carbons (Fsp3) is 0.200. The largest absolute Gasteiger partial charge is 0.363 e. The molecule has 0 aromatic rings. The van der Waals surface area contributed by atoms with E-state index < -0.39 is 0 Å². The number of hydrogen-bond acceptors (Lipinski definition) is 3. The molecule has 44 valence electrons. The SMILES string of the molecule is CC1=CN(N)C=CN1. The molecule has 0 aromatic heterocycles. The van der Waals surface area contributed by atoms with Gasteiger partial charge in [0.2, 0.25) is 0 Å². The highest BCUT2D eigenvalue weighted by molar-refractivity contribution is 5.05. The van der Waals surface area contributed by atoms with Crippen molar-refractivity contribution in [2.45, 2.75) is 6.92 Å². The lowest BCUT2D eigenvalue weighted by molar-refractivity contribution is 0.517. The zero-order chi connectivity index (χ0) is 5.98. The van der Waals surface area contributed by atoms with Gasteiger partial charge in [0.1, 0.15) is 0 Å². The van der Waals surface area contributed by atoms with Crippen LogP contribution in [0.4, 0.5) is 0 Å². The molecule has 1 rings (SSSR count). The minimum Gasteiger partial charge on any atom is -0.363 e. The molecule has 0 radical (unpaired) electrons. The topological polar surface area (TPSA) is 41.3 Å². The predicted molar refractivity (Wildman–Crippen MR) is 32.1 cm³/mol. The molecule has 0 atom stereocenters.